The van der Waals surface area contributed by atoms with Gasteiger partial charge < -0.3 is 4.74 Å². The summed E-state index contributed by atoms with van der Waals surface area (Å²) in [5.41, 5.74) is 0. The van der Waals surface area contributed by atoms with Gasteiger partial charge in [-0.3, -0.25) is 4.90 Å². The van der Waals surface area contributed by atoms with E-state index in [0.29, 0.717) is 0 Å². The number of ether oxygens (including phenoxy) is 1. The normalized spacial score (nSPS) is 12.5. The standard InChI is InChI=1S/C8H17F2NO/c1-6(2)11(7(3)4)5-12-8(9)10/h6-8H,5H2,1-4H3. The van der Waals surface area contributed by atoms with Gasteiger partial charge >= 0.3 is 6.61 Å². The van der Waals surface area contributed by atoms with Gasteiger partial charge in [0.05, 0.1) is 0 Å². The van der Waals surface area contributed by atoms with Crippen LogP contribution in [0.2, 0.25) is 0 Å². The van der Waals surface area contributed by atoms with Crippen LogP contribution in [0.5, 0.6) is 0 Å². The van der Waals surface area contributed by atoms with Crippen molar-refractivity contribution < 1.29 is 13.5 Å². The number of hydrogen-bond acceptors (Lipinski definition) is 2. The first-order chi connectivity index (χ1) is 5.45. The topological polar surface area (TPSA) is 12.5 Å². The molecule has 0 spiro atoms. The van der Waals surface area contributed by atoms with Gasteiger partial charge in [0.2, 0.25) is 0 Å². The lowest BCUT2D eigenvalue weighted by molar-refractivity contribution is -0.167. The van der Waals surface area contributed by atoms with Crippen LogP contribution >= 0.6 is 0 Å². The molecule has 12 heavy (non-hydrogen) atoms. The Morgan fingerprint density at radius 3 is 1.75 bits per heavy atom. The molecule has 0 saturated heterocycles. The Hall–Kier alpha value is -0.220. The van der Waals surface area contributed by atoms with Crippen LogP contribution in [0.1, 0.15) is 27.7 Å². The highest BCUT2D eigenvalue weighted by Gasteiger charge is 2.14. The smallest absolute Gasteiger partial charge is 0.307 e. The fraction of sp³-hybridized carbons (Fsp3) is 1.00. The fourth-order valence-electron chi connectivity index (χ4n) is 1.04. The number of rotatable bonds is 5. The van der Waals surface area contributed by atoms with Crippen molar-refractivity contribution in [2.75, 3.05) is 6.73 Å². The minimum Gasteiger partial charge on any atom is -0.307 e. The second-order valence-electron chi connectivity index (χ2n) is 3.26. The molecule has 74 valence electrons. The zero-order valence-corrected chi connectivity index (χ0v) is 8.05. The van der Waals surface area contributed by atoms with Crippen LogP contribution in [-0.2, 0) is 4.74 Å². The highest BCUT2D eigenvalue weighted by Crippen LogP contribution is 2.06. The van der Waals surface area contributed by atoms with Crippen LogP contribution < -0.4 is 0 Å². The maximum Gasteiger partial charge on any atom is 0.346 e. The fourth-order valence-corrected chi connectivity index (χ4v) is 1.04. The van der Waals surface area contributed by atoms with Crippen molar-refractivity contribution in [2.45, 2.75) is 46.4 Å². The van der Waals surface area contributed by atoms with E-state index in [2.05, 4.69) is 4.74 Å². The molecule has 2 nitrogen and oxygen atoms in total. The van der Waals surface area contributed by atoms with Crippen LogP contribution in [0.4, 0.5) is 8.78 Å². The predicted molar refractivity (Wildman–Crippen MR) is 44.1 cm³/mol. The average molecular weight is 181 g/mol. The Labute approximate surface area is 72.5 Å². The molecule has 4 heteroatoms. The molecular weight excluding hydrogens is 164 g/mol. The Morgan fingerprint density at radius 2 is 1.50 bits per heavy atom. The molecule has 0 amide bonds. The Morgan fingerprint density at radius 1 is 1.08 bits per heavy atom. The lowest BCUT2D eigenvalue weighted by Gasteiger charge is -2.29. The van der Waals surface area contributed by atoms with E-state index in [9.17, 15) is 8.78 Å². The number of halogens is 2. The van der Waals surface area contributed by atoms with Gasteiger partial charge in [-0.1, -0.05) is 0 Å². The van der Waals surface area contributed by atoms with Crippen molar-refractivity contribution in [1.29, 1.82) is 0 Å². The maximum atomic E-state index is 11.7. The van der Waals surface area contributed by atoms with Gasteiger partial charge in [0.15, 0.2) is 0 Å². The van der Waals surface area contributed by atoms with E-state index in [1.54, 1.807) is 0 Å². The number of nitrogens with zero attached hydrogens (tertiary/aromatic N) is 1. The van der Waals surface area contributed by atoms with Gasteiger partial charge in [-0.25, -0.2) is 0 Å². The highest BCUT2D eigenvalue weighted by atomic mass is 19.3. The van der Waals surface area contributed by atoms with Crippen molar-refractivity contribution in [2.24, 2.45) is 0 Å². The molecule has 0 heterocycles. The van der Waals surface area contributed by atoms with Crippen molar-refractivity contribution >= 4 is 0 Å². The Balaban J connectivity index is 3.80. The summed E-state index contributed by atoms with van der Waals surface area (Å²) in [6.45, 7) is 5.13. The summed E-state index contributed by atoms with van der Waals surface area (Å²) in [5, 5.41) is 0. The molecule has 0 atom stereocenters. The summed E-state index contributed by atoms with van der Waals surface area (Å²) < 4.78 is 27.6. The van der Waals surface area contributed by atoms with E-state index in [4.69, 9.17) is 0 Å². The third-order valence-electron chi connectivity index (χ3n) is 1.68. The SMILES string of the molecule is CC(C)N(COC(F)F)C(C)C. The Bertz CT molecular complexity index is 110. The zero-order chi connectivity index (χ0) is 9.72. The maximum absolute atomic E-state index is 11.7. The second-order valence-corrected chi connectivity index (χ2v) is 3.26. The van der Waals surface area contributed by atoms with Crippen LogP contribution in [0.25, 0.3) is 0 Å². The summed E-state index contributed by atoms with van der Waals surface area (Å²) in [6.07, 6.45) is 0. The van der Waals surface area contributed by atoms with E-state index in [1.165, 1.54) is 0 Å². The first-order valence-corrected chi connectivity index (χ1v) is 4.10. The van der Waals surface area contributed by atoms with E-state index in [-0.39, 0.29) is 18.8 Å². The number of alkyl halides is 2. The summed E-state index contributed by atoms with van der Waals surface area (Å²) >= 11 is 0. The molecule has 0 N–H and O–H groups in total. The summed E-state index contributed by atoms with van der Waals surface area (Å²) in [4.78, 5) is 1.85. The van der Waals surface area contributed by atoms with Gasteiger partial charge in [-0.15, -0.1) is 0 Å². The van der Waals surface area contributed by atoms with E-state index in [1.807, 2.05) is 32.6 Å². The molecule has 0 aromatic carbocycles. The molecule has 0 aliphatic heterocycles. The lowest BCUT2D eigenvalue weighted by Crippen LogP contribution is -2.39. The highest BCUT2D eigenvalue weighted by molar-refractivity contribution is 4.63. The summed E-state index contributed by atoms with van der Waals surface area (Å²) in [7, 11) is 0. The third-order valence-corrected chi connectivity index (χ3v) is 1.68. The Kier molecular flexibility index (Phi) is 5.33. The quantitative estimate of drug-likeness (QED) is 0.603. The summed E-state index contributed by atoms with van der Waals surface area (Å²) in [5.74, 6) is 0. The van der Waals surface area contributed by atoms with Gasteiger partial charge in [-0.05, 0) is 27.7 Å². The van der Waals surface area contributed by atoms with E-state index >= 15 is 0 Å². The van der Waals surface area contributed by atoms with Crippen molar-refractivity contribution in [3.05, 3.63) is 0 Å². The van der Waals surface area contributed by atoms with Crippen molar-refractivity contribution in [1.82, 2.24) is 4.90 Å². The van der Waals surface area contributed by atoms with Crippen LogP contribution in [0.3, 0.4) is 0 Å². The summed E-state index contributed by atoms with van der Waals surface area (Å²) in [6, 6.07) is 0.451. The average Bonchev–Trinajstić information content (AvgIpc) is 1.84. The molecule has 0 aliphatic carbocycles. The van der Waals surface area contributed by atoms with Gasteiger partial charge in [0.25, 0.3) is 0 Å². The molecule has 0 fully saturated rings. The first-order valence-electron chi connectivity index (χ1n) is 4.10. The van der Waals surface area contributed by atoms with Crippen molar-refractivity contribution in [3.63, 3.8) is 0 Å². The van der Waals surface area contributed by atoms with Gasteiger partial charge in [0.1, 0.15) is 6.73 Å². The minimum atomic E-state index is -2.68. The monoisotopic (exact) mass is 181 g/mol. The van der Waals surface area contributed by atoms with Crippen LogP contribution in [0.15, 0.2) is 0 Å². The van der Waals surface area contributed by atoms with E-state index in [0.717, 1.165) is 0 Å². The molecule has 0 aromatic heterocycles. The molecule has 0 saturated carbocycles. The molecule has 0 rings (SSSR count). The zero-order valence-electron chi connectivity index (χ0n) is 8.05. The van der Waals surface area contributed by atoms with E-state index < -0.39 is 6.61 Å². The molecule has 0 aliphatic rings. The molecule has 0 radical (unpaired) electrons. The minimum absolute atomic E-state index is 0.00694. The lowest BCUT2D eigenvalue weighted by atomic mass is 10.2. The second kappa shape index (κ2) is 5.43. The van der Waals surface area contributed by atoms with Crippen LogP contribution in [-0.4, -0.2) is 30.3 Å². The van der Waals surface area contributed by atoms with Crippen molar-refractivity contribution in [3.8, 4) is 0 Å². The molecule has 0 bridgehead atoms. The van der Waals surface area contributed by atoms with Gasteiger partial charge in [0, 0.05) is 12.1 Å². The van der Waals surface area contributed by atoms with Crippen LogP contribution in [0, 0.1) is 0 Å². The molecule has 0 aromatic rings. The largest absolute Gasteiger partial charge is 0.346 e. The molecular formula is C8H17F2NO. The first kappa shape index (κ1) is 11.8. The predicted octanol–water partition coefficient (Wildman–Crippen LogP) is 2.30. The van der Waals surface area contributed by atoms with Gasteiger partial charge in [-0.2, -0.15) is 8.78 Å². The molecule has 0 unspecified atom stereocenters. The third kappa shape index (κ3) is 4.62. The number of hydrogen-bond donors (Lipinski definition) is 0.